The smallest absolute Gasteiger partial charge is 0.314 e. The van der Waals surface area contributed by atoms with Crippen molar-refractivity contribution < 1.29 is 4.79 Å². The number of rotatable bonds is 3. The topological polar surface area (TPSA) is 48.4 Å². The summed E-state index contributed by atoms with van der Waals surface area (Å²) in [5, 5.41) is 3.38. The van der Waals surface area contributed by atoms with E-state index in [9.17, 15) is 0 Å². The van der Waals surface area contributed by atoms with E-state index in [2.05, 4.69) is 17.0 Å². The van der Waals surface area contributed by atoms with E-state index in [4.69, 9.17) is 5.53 Å². The second-order valence-electron chi connectivity index (χ2n) is 4.42. The third-order valence-electron chi connectivity index (χ3n) is 2.83. The van der Waals surface area contributed by atoms with Crippen LogP contribution < -0.4 is 5.32 Å². The average molecular weight is 225 g/mol. The molecule has 0 bridgehead atoms. The van der Waals surface area contributed by atoms with Crippen LogP contribution in [0.4, 0.5) is 5.69 Å². The number of nitrogens with zero attached hydrogens (tertiary/aromatic N) is 2. The van der Waals surface area contributed by atoms with Gasteiger partial charge in [0.15, 0.2) is 0 Å². The molecule has 0 heterocycles. The third kappa shape index (κ3) is 2.92. The van der Waals surface area contributed by atoms with E-state index in [1.54, 1.807) is 0 Å². The number of hydrogen-bond donors (Lipinski definition) is 1. The summed E-state index contributed by atoms with van der Waals surface area (Å²) in [5.41, 5.74) is 10.3. The quantitative estimate of drug-likeness (QED) is 0.624. The van der Waals surface area contributed by atoms with E-state index in [-0.39, 0.29) is 5.41 Å². The van der Waals surface area contributed by atoms with Crippen LogP contribution in [0.3, 0.4) is 0 Å². The lowest BCUT2D eigenvalue weighted by atomic mass is 9.86. The Balaban J connectivity index is 2.01. The van der Waals surface area contributed by atoms with Gasteiger partial charge in [-0.3, -0.25) is 0 Å². The Morgan fingerprint density at radius 1 is 1.18 bits per heavy atom. The molecule has 1 N–H and O–H groups in total. The van der Waals surface area contributed by atoms with Crippen molar-refractivity contribution in [1.29, 1.82) is 0 Å². The highest BCUT2D eigenvalue weighted by Gasteiger charge is 2.21. The molecule has 0 unspecified atom stereocenters. The molecule has 0 saturated carbocycles. The fraction of sp³-hybridized carbons (Fsp3) is 0.214. The Labute approximate surface area is 101 Å². The van der Waals surface area contributed by atoms with E-state index in [0.29, 0.717) is 5.71 Å². The van der Waals surface area contributed by atoms with Crippen LogP contribution in [0.5, 0.6) is 0 Å². The predicted molar refractivity (Wildman–Crippen MR) is 69.9 cm³/mol. The van der Waals surface area contributed by atoms with Gasteiger partial charge in [-0.25, -0.2) is 0 Å². The molecular weight excluding hydrogens is 210 g/mol. The molecule has 1 aromatic carbocycles. The van der Waals surface area contributed by atoms with Gasteiger partial charge in [0.25, 0.3) is 0 Å². The van der Waals surface area contributed by atoms with Crippen molar-refractivity contribution >= 4 is 11.4 Å². The standard InChI is InChI=1S/C14H15N3/c1-14(9-7-13(17-15)8-10-14)11-16-12-5-3-2-4-6-12/h2-10,16H,11H2,1H3. The summed E-state index contributed by atoms with van der Waals surface area (Å²) in [6.07, 6.45) is 7.73. The Kier molecular flexibility index (Phi) is 3.22. The van der Waals surface area contributed by atoms with Gasteiger partial charge in [-0.1, -0.05) is 37.3 Å². The Bertz CT molecular complexity index is 477. The average Bonchev–Trinajstić information content (AvgIpc) is 2.39. The second kappa shape index (κ2) is 4.81. The number of benzene rings is 1. The van der Waals surface area contributed by atoms with Gasteiger partial charge in [0.05, 0.1) is 0 Å². The van der Waals surface area contributed by atoms with Crippen LogP contribution in [-0.4, -0.2) is 17.0 Å². The summed E-state index contributed by atoms with van der Waals surface area (Å²) in [4.78, 5) is 3.15. The fourth-order valence-electron chi connectivity index (χ4n) is 1.70. The zero-order valence-corrected chi connectivity index (χ0v) is 9.80. The predicted octanol–water partition coefficient (Wildman–Crippen LogP) is 2.90. The fourth-order valence-corrected chi connectivity index (χ4v) is 1.70. The molecule has 0 fully saturated rings. The largest absolute Gasteiger partial charge is 0.384 e. The molecule has 0 atom stereocenters. The van der Waals surface area contributed by atoms with Gasteiger partial charge >= 0.3 is 5.71 Å². The molecule has 3 heteroatoms. The third-order valence-corrected chi connectivity index (χ3v) is 2.83. The minimum absolute atomic E-state index is 0.0516. The molecule has 0 amide bonds. The molecule has 1 aliphatic carbocycles. The SMILES string of the molecule is CC1(CNc2ccccc2)C=CC(=[N+]=[N-])C=C1. The van der Waals surface area contributed by atoms with Gasteiger partial charge in [-0.2, -0.15) is 4.79 Å². The molecule has 0 spiro atoms. The first kappa shape index (κ1) is 11.4. The van der Waals surface area contributed by atoms with Crippen LogP contribution in [0.25, 0.3) is 5.53 Å². The molecule has 17 heavy (non-hydrogen) atoms. The maximum Gasteiger partial charge on any atom is 0.314 e. The Morgan fingerprint density at radius 3 is 2.41 bits per heavy atom. The van der Waals surface area contributed by atoms with Crippen molar-refractivity contribution in [2.24, 2.45) is 5.41 Å². The van der Waals surface area contributed by atoms with Crippen LogP contribution in [0.15, 0.2) is 54.6 Å². The van der Waals surface area contributed by atoms with E-state index in [0.717, 1.165) is 12.2 Å². The number of nitrogens with one attached hydrogen (secondary N) is 1. The summed E-state index contributed by atoms with van der Waals surface area (Å²) in [6, 6.07) is 10.1. The monoisotopic (exact) mass is 225 g/mol. The number of anilines is 1. The van der Waals surface area contributed by atoms with E-state index < -0.39 is 0 Å². The van der Waals surface area contributed by atoms with E-state index in [1.165, 1.54) is 0 Å². The second-order valence-corrected chi connectivity index (χ2v) is 4.42. The lowest BCUT2D eigenvalue weighted by Gasteiger charge is -2.24. The lowest BCUT2D eigenvalue weighted by molar-refractivity contribution is -0.00177. The number of para-hydroxylation sites is 1. The maximum atomic E-state index is 8.64. The summed E-state index contributed by atoms with van der Waals surface area (Å²) in [5.74, 6) is 0. The molecule has 86 valence electrons. The van der Waals surface area contributed by atoms with Crippen LogP contribution in [-0.2, 0) is 0 Å². The minimum Gasteiger partial charge on any atom is -0.384 e. The molecule has 2 rings (SSSR count). The first-order chi connectivity index (χ1) is 8.22. The highest BCUT2D eigenvalue weighted by atomic mass is 14.9. The van der Waals surface area contributed by atoms with Gasteiger partial charge in [0.2, 0.25) is 0 Å². The van der Waals surface area contributed by atoms with Gasteiger partial charge < -0.3 is 10.8 Å². The van der Waals surface area contributed by atoms with Crippen LogP contribution in [0.2, 0.25) is 0 Å². The molecule has 1 aromatic rings. The van der Waals surface area contributed by atoms with Crippen molar-refractivity contribution in [3.63, 3.8) is 0 Å². The van der Waals surface area contributed by atoms with Gasteiger partial charge in [0.1, 0.15) is 0 Å². The van der Waals surface area contributed by atoms with Gasteiger partial charge in [-0.15, -0.1) is 0 Å². The van der Waals surface area contributed by atoms with Crippen molar-refractivity contribution in [2.75, 3.05) is 11.9 Å². The van der Waals surface area contributed by atoms with E-state index in [1.807, 2.05) is 54.6 Å². The summed E-state index contributed by atoms with van der Waals surface area (Å²) in [7, 11) is 0. The highest BCUT2D eigenvalue weighted by molar-refractivity contribution is 6.00. The normalized spacial score (nSPS) is 22.3. The first-order valence-corrected chi connectivity index (χ1v) is 5.61. The van der Waals surface area contributed by atoms with Gasteiger partial charge in [0, 0.05) is 29.8 Å². The molecule has 0 saturated heterocycles. The minimum atomic E-state index is -0.0516. The van der Waals surface area contributed by atoms with Crippen molar-refractivity contribution in [2.45, 2.75) is 6.92 Å². The van der Waals surface area contributed by atoms with Crippen molar-refractivity contribution in [3.8, 4) is 0 Å². The zero-order chi connectivity index (χ0) is 12.1. The summed E-state index contributed by atoms with van der Waals surface area (Å²) < 4.78 is 0. The van der Waals surface area contributed by atoms with Crippen LogP contribution in [0.1, 0.15) is 6.92 Å². The number of allylic oxidation sites excluding steroid dienone is 2. The zero-order valence-electron chi connectivity index (χ0n) is 9.80. The van der Waals surface area contributed by atoms with Crippen molar-refractivity contribution in [3.05, 3.63) is 60.2 Å². The molecule has 3 nitrogen and oxygen atoms in total. The lowest BCUT2D eigenvalue weighted by Crippen LogP contribution is -2.24. The molecular formula is C14H15N3. The molecule has 0 aliphatic heterocycles. The van der Waals surface area contributed by atoms with E-state index >= 15 is 0 Å². The molecule has 0 radical (unpaired) electrons. The van der Waals surface area contributed by atoms with Crippen molar-refractivity contribution in [1.82, 2.24) is 0 Å². The van der Waals surface area contributed by atoms with Gasteiger partial charge in [-0.05, 0) is 12.1 Å². The molecule has 1 aliphatic rings. The summed E-state index contributed by atoms with van der Waals surface area (Å²) >= 11 is 0. The summed E-state index contributed by atoms with van der Waals surface area (Å²) in [6.45, 7) is 2.94. The number of hydrogen-bond acceptors (Lipinski definition) is 1. The maximum absolute atomic E-state index is 8.64. The van der Waals surface area contributed by atoms with Crippen LogP contribution in [0, 0.1) is 5.41 Å². The highest BCUT2D eigenvalue weighted by Crippen LogP contribution is 2.24. The molecule has 0 aromatic heterocycles. The Morgan fingerprint density at radius 2 is 1.82 bits per heavy atom. The first-order valence-electron chi connectivity index (χ1n) is 5.61. The van der Waals surface area contributed by atoms with Crippen LogP contribution >= 0.6 is 0 Å². The Hall–Kier alpha value is -2.12.